The van der Waals surface area contributed by atoms with Crippen molar-refractivity contribution in [1.29, 1.82) is 0 Å². The summed E-state index contributed by atoms with van der Waals surface area (Å²) in [4.78, 5) is 20.3. The van der Waals surface area contributed by atoms with E-state index in [1.54, 1.807) is 0 Å². The molecule has 8 nitrogen and oxygen atoms in total. The van der Waals surface area contributed by atoms with E-state index < -0.39 is 4.92 Å². The molecule has 0 amide bonds. The Morgan fingerprint density at radius 3 is 2.96 bits per heavy atom. The zero-order valence-electron chi connectivity index (χ0n) is 12.7. The molecule has 2 heterocycles. The van der Waals surface area contributed by atoms with Gasteiger partial charge in [0.15, 0.2) is 0 Å². The number of rotatable bonds is 4. The highest BCUT2D eigenvalue weighted by atomic mass is 16.6. The Balaban J connectivity index is 1.85. The number of aromatic nitrogens is 2. The van der Waals surface area contributed by atoms with Gasteiger partial charge in [0.1, 0.15) is 11.9 Å². The first-order valence-electron chi connectivity index (χ1n) is 7.35. The number of nitrogens with two attached hydrogens (primary N) is 1. The molecule has 23 heavy (non-hydrogen) atoms. The molecule has 1 aromatic heterocycles. The maximum absolute atomic E-state index is 10.8. The quantitative estimate of drug-likeness (QED) is 0.678. The molecule has 120 valence electrons. The van der Waals surface area contributed by atoms with Crippen molar-refractivity contribution in [3.8, 4) is 5.75 Å². The maximum atomic E-state index is 10.8. The highest BCUT2D eigenvalue weighted by molar-refractivity contribution is 5.54. The molecule has 0 spiro atoms. The van der Waals surface area contributed by atoms with E-state index in [0.29, 0.717) is 19.1 Å². The Morgan fingerprint density at radius 1 is 1.43 bits per heavy atom. The lowest BCUT2D eigenvalue weighted by Crippen LogP contribution is -2.32. The summed E-state index contributed by atoms with van der Waals surface area (Å²) in [6.07, 6.45) is 2.01. The monoisotopic (exact) mass is 315 g/mol. The van der Waals surface area contributed by atoms with E-state index >= 15 is 0 Å². The summed E-state index contributed by atoms with van der Waals surface area (Å²) < 4.78 is 5.53. The van der Waals surface area contributed by atoms with Crippen LogP contribution in [0.2, 0.25) is 0 Å². The SMILES string of the molecule is CCOc1ccc2c(c1)CN(c1ncc([N+](=O)[O-])c(N)n1)CC2. The first kappa shape index (κ1) is 15.0. The van der Waals surface area contributed by atoms with Crippen LogP contribution in [0.3, 0.4) is 0 Å². The lowest BCUT2D eigenvalue weighted by atomic mass is 10.00. The predicted octanol–water partition coefficient (Wildman–Crippen LogP) is 1.93. The molecule has 1 aromatic carbocycles. The first-order chi connectivity index (χ1) is 11.1. The topological polar surface area (TPSA) is 107 Å². The van der Waals surface area contributed by atoms with Gasteiger partial charge in [0, 0.05) is 13.1 Å². The lowest BCUT2D eigenvalue weighted by Gasteiger charge is -2.29. The fraction of sp³-hybridized carbons (Fsp3) is 0.333. The Kier molecular flexibility index (Phi) is 3.96. The molecule has 1 aliphatic rings. The van der Waals surface area contributed by atoms with Crippen LogP contribution in [0.1, 0.15) is 18.1 Å². The molecule has 0 aliphatic carbocycles. The third-order valence-electron chi connectivity index (χ3n) is 3.77. The number of hydrogen-bond acceptors (Lipinski definition) is 7. The Hall–Kier alpha value is -2.90. The molecule has 8 heteroatoms. The van der Waals surface area contributed by atoms with Crippen LogP contribution < -0.4 is 15.4 Å². The molecule has 0 saturated heterocycles. The van der Waals surface area contributed by atoms with Gasteiger partial charge in [-0.25, -0.2) is 4.98 Å². The third-order valence-corrected chi connectivity index (χ3v) is 3.77. The van der Waals surface area contributed by atoms with E-state index in [9.17, 15) is 10.1 Å². The van der Waals surface area contributed by atoms with Crippen molar-refractivity contribution in [3.05, 3.63) is 45.6 Å². The second kappa shape index (κ2) is 6.07. The number of anilines is 2. The van der Waals surface area contributed by atoms with Crippen molar-refractivity contribution in [2.24, 2.45) is 0 Å². The summed E-state index contributed by atoms with van der Waals surface area (Å²) in [7, 11) is 0. The Bertz CT molecular complexity index is 750. The molecule has 0 bridgehead atoms. The average Bonchev–Trinajstić information content (AvgIpc) is 2.54. The standard InChI is InChI=1S/C15H17N5O3/c1-2-23-12-4-3-10-5-6-19(9-11(10)7-12)15-17-8-13(20(21)22)14(16)18-15/h3-4,7-8H,2,5-6,9H2,1H3,(H2,16,17,18). The molecular weight excluding hydrogens is 298 g/mol. The van der Waals surface area contributed by atoms with Crippen LogP contribution in [0.15, 0.2) is 24.4 Å². The van der Waals surface area contributed by atoms with E-state index in [-0.39, 0.29) is 11.5 Å². The van der Waals surface area contributed by atoms with Crippen molar-refractivity contribution < 1.29 is 9.66 Å². The van der Waals surface area contributed by atoms with E-state index in [1.807, 2.05) is 24.0 Å². The van der Waals surface area contributed by atoms with Crippen LogP contribution in [0.5, 0.6) is 5.75 Å². The molecule has 0 radical (unpaired) electrons. The van der Waals surface area contributed by atoms with E-state index in [4.69, 9.17) is 10.5 Å². The summed E-state index contributed by atoms with van der Waals surface area (Å²) in [5.74, 6) is 1.12. The summed E-state index contributed by atoms with van der Waals surface area (Å²) >= 11 is 0. The first-order valence-corrected chi connectivity index (χ1v) is 7.35. The fourth-order valence-electron chi connectivity index (χ4n) is 2.63. The number of hydrogen-bond donors (Lipinski definition) is 1. The van der Waals surface area contributed by atoms with Gasteiger partial charge >= 0.3 is 5.69 Å². The highest BCUT2D eigenvalue weighted by Gasteiger charge is 2.22. The maximum Gasteiger partial charge on any atom is 0.329 e. The molecule has 2 N–H and O–H groups in total. The van der Waals surface area contributed by atoms with Crippen LogP contribution in [-0.4, -0.2) is 28.0 Å². The van der Waals surface area contributed by atoms with Crippen LogP contribution >= 0.6 is 0 Å². The number of nitro groups is 1. The molecule has 0 fully saturated rings. The summed E-state index contributed by atoms with van der Waals surface area (Å²) in [6, 6.07) is 6.06. The number of fused-ring (bicyclic) bond motifs is 1. The highest BCUT2D eigenvalue weighted by Crippen LogP contribution is 2.27. The van der Waals surface area contributed by atoms with Crippen molar-refractivity contribution in [2.45, 2.75) is 19.9 Å². The molecule has 1 aliphatic heterocycles. The van der Waals surface area contributed by atoms with Crippen LogP contribution in [0, 0.1) is 10.1 Å². The number of nitrogen functional groups attached to an aromatic ring is 1. The minimum atomic E-state index is -0.584. The van der Waals surface area contributed by atoms with Crippen molar-refractivity contribution >= 4 is 17.5 Å². The zero-order valence-corrected chi connectivity index (χ0v) is 12.7. The van der Waals surface area contributed by atoms with Crippen LogP contribution in [-0.2, 0) is 13.0 Å². The Morgan fingerprint density at radius 2 is 2.26 bits per heavy atom. The molecular formula is C15H17N5O3. The van der Waals surface area contributed by atoms with Gasteiger partial charge in [0.2, 0.25) is 11.8 Å². The minimum absolute atomic E-state index is 0.117. The number of benzene rings is 1. The molecule has 0 atom stereocenters. The summed E-state index contributed by atoms with van der Waals surface area (Å²) in [5, 5.41) is 10.8. The zero-order chi connectivity index (χ0) is 16.4. The Labute approximate surface area is 133 Å². The fourth-order valence-corrected chi connectivity index (χ4v) is 2.63. The lowest BCUT2D eigenvalue weighted by molar-refractivity contribution is -0.384. The second-order valence-electron chi connectivity index (χ2n) is 5.23. The predicted molar refractivity (Wildman–Crippen MR) is 85.5 cm³/mol. The van der Waals surface area contributed by atoms with Crippen LogP contribution in [0.4, 0.5) is 17.5 Å². The average molecular weight is 315 g/mol. The van der Waals surface area contributed by atoms with E-state index in [2.05, 4.69) is 16.0 Å². The molecule has 0 saturated carbocycles. The van der Waals surface area contributed by atoms with Crippen molar-refractivity contribution in [2.75, 3.05) is 23.8 Å². The second-order valence-corrected chi connectivity index (χ2v) is 5.23. The van der Waals surface area contributed by atoms with Crippen molar-refractivity contribution in [1.82, 2.24) is 9.97 Å². The third kappa shape index (κ3) is 3.01. The van der Waals surface area contributed by atoms with E-state index in [1.165, 1.54) is 5.56 Å². The normalized spacial score (nSPS) is 13.5. The summed E-state index contributed by atoms with van der Waals surface area (Å²) in [5.41, 5.74) is 7.78. The van der Waals surface area contributed by atoms with Gasteiger partial charge in [-0.2, -0.15) is 4.98 Å². The van der Waals surface area contributed by atoms with Crippen LogP contribution in [0.25, 0.3) is 0 Å². The minimum Gasteiger partial charge on any atom is -0.494 e. The molecule has 2 aromatic rings. The molecule has 0 unspecified atom stereocenters. The largest absolute Gasteiger partial charge is 0.494 e. The van der Waals surface area contributed by atoms with E-state index in [0.717, 1.165) is 30.5 Å². The van der Waals surface area contributed by atoms with Gasteiger partial charge in [0.25, 0.3) is 0 Å². The number of nitrogens with zero attached hydrogens (tertiary/aromatic N) is 4. The summed E-state index contributed by atoms with van der Waals surface area (Å²) in [6.45, 7) is 3.91. The van der Waals surface area contributed by atoms with Gasteiger partial charge < -0.3 is 15.4 Å². The van der Waals surface area contributed by atoms with Crippen molar-refractivity contribution in [3.63, 3.8) is 0 Å². The number of ether oxygens (including phenoxy) is 1. The van der Waals surface area contributed by atoms with Gasteiger partial charge in [-0.3, -0.25) is 10.1 Å². The smallest absolute Gasteiger partial charge is 0.329 e. The van der Waals surface area contributed by atoms with Gasteiger partial charge in [-0.05, 0) is 36.6 Å². The van der Waals surface area contributed by atoms with Gasteiger partial charge in [-0.1, -0.05) is 6.07 Å². The molecule has 3 rings (SSSR count). The van der Waals surface area contributed by atoms with Gasteiger partial charge in [-0.15, -0.1) is 0 Å². The van der Waals surface area contributed by atoms with Gasteiger partial charge in [0.05, 0.1) is 11.5 Å².